The van der Waals surface area contributed by atoms with Crippen LogP contribution in [0.1, 0.15) is 12.5 Å². The Morgan fingerprint density at radius 3 is 2.61 bits per heavy atom. The number of fused-ring (bicyclic) bond motifs is 1. The summed E-state index contributed by atoms with van der Waals surface area (Å²) in [5.41, 5.74) is 2.00. The fourth-order valence-corrected chi connectivity index (χ4v) is 3.42. The Morgan fingerprint density at radius 2 is 1.89 bits per heavy atom. The third-order valence-electron chi connectivity index (χ3n) is 4.90. The van der Waals surface area contributed by atoms with E-state index in [2.05, 4.69) is 19.9 Å². The summed E-state index contributed by atoms with van der Waals surface area (Å²) in [5.74, 6) is 0.711. The third-order valence-corrected chi connectivity index (χ3v) is 4.90. The van der Waals surface area contributed by atoms with Crippen LogP contribution in [-0.4, -0.2) is 56.7 Å². The number of amides is 1. The Hall–Kier alpha value is -3.36. The number of H-pyrrole nitrogens is 1. The Balaban J connectivity index is 1.42. The quantitative estimate of drug-likeness (QED) is 0.736. The molecule has 1 fully saturated rings. The highest BCUT2D eigenvalue weighted by Crippen LogP contribution is 2.22. The van der Waals surface area contributed by atoms with Crippen LogP contribution >= 0.6 is 0 Å². The minimum absolute atomic E-state index is 0.192. The van der Waals surface area contributed by atoms with Crippen molar-refractivity contribution >= 4 is 23.1 Å². The summed E-state index contributed by atoms with van der Waals surface area (Å²) in [7, 11) is 0. The standard InChI is InChI=1S/C19H22N6O3/c1-2-25-15-16(22-18(25)26)20-13-21-17(15)23-8-10-24(11-9-23)19(27)28-12-14-6-4-3-5-7-14/h3-7,13H,2,8-12H2,1H3,(H,20,21,22,26). The van der Waals surface area contributed by atoms with Gasteiger partial charge in [0.1, 0.15) is 18.5 Å². The van der Waals surface area contributed by atoms with E-state index in [0.717, 1.165) is 5.56 Å². The van der Waals surface area contributed by atoms with E-state index in [0.29, 0.717) is 49.7 Å². The van der Waals surface area contributed by atoms with E-state index in [1.54, 1.807) is 9.47 Å². The summed E-state index contributed by atoms with van der Waals surface area (Å²) >= 11 is 0. The molecular formula is C19H22N6O3. The van der Waals surface area contributed by atoms with Gasteiger partial charge in [-0.1, -0.05) is 30.3 Å². The van der Waals surface area contributed by atoms with Crippen molar-refractivity contribution in [3.05, 3.63) is 52.7 Å². The lowest BCUT2D eigenvalue weighted by Crippen LogP contribution is -2.49. The molecule has 1 aliphatic rings. The molecule has 2 aromatic heterocycles. The second kappa shape index (κ2) is 7.71. The van der Waals surface area contributed by atoms with Crippen LogP contribution in [0.5, 0.6) is 0 Å². The monoisotopic (exact) mass is 382 g/mol. The number of nitrogens with one attached hydrogen (secondary N) is 1. The number of piperazine rings is 1. The molecule has 146 valence electrons. The summed E-state index contributed by atoms with van der Waals surface area (Å²) in [6.07, 6.45) is 1.14. The summed E-state index contributed by atoms with van der Waals surface area (Å²) in [6.45, 7) is 4.97. The van der Waals surface area contributed by atoms with Crippen molar-refractivity contribution in [2.24, 2.45) is 0 Å². The van der Waals surface area contributed by atoms with Crippen LogP contribution in [-0.2, 0) is 17.9 Å². The van der Waals surface area contributed by atoms with E-state index >= 15 is 0 Å². The molecule has 0 aliphatic carbocycles. The van der Waals surface area contributed by atoms with Crippen molar-refractivity contribution in [1.82, 2.24) is 24.4 Å². The first kappa shape index (κ1) is 18.0. The van der Waals surface area contributed by atoms with Crippen molar-refractivity contribution in [1.29, 1.82) is 0 Å². The van der Waals surface area contributed by atoms with Gasteiger partial charge in [-0.15, -0.1) is 0 Å². The maximum absolute atomic E-state index is 12.3. The lowest BCUT2D eigenvalue weighted by molar-refractivity contribution is 0.0941. The highest BCUT2D eigenvalue weighted by molar-refractivity contribution is 5.83. The fourth-order valence-electron chi connectivity index (χ4n) is 3.42. The fraction of sp³-hybridized carbons (Fsp3) is 0.368. The number of anilines is 1. The zero-order valence-corrected chi connectivity index (χ0v) is 15.7. The molecule has 0 spiro atoms. The summed E-state index contributed by atoms with van der Waals surface area (Å²) < 4.78 is 7.04. The second-order valence-corrected chi connectivity index (χ2v) is 6.58. The van der Waals surface area contributed by atoms with E-state index in [4.69, 9.17) is 4.74 Å². The number of aromatic nitrogens is 4. The molecular weight excluding hydrogens is 360 g/mol. The van der Waals surface area contributed by atoms with E-state index < -0.39 is 0 Å². The lowest BCUT2D eigenvalue weighted by Gasteiger charge is -2.34. The van der Waals surface area contributed by atoms with Gasteiger partial charge in [0, 0.05) is 32.7 Å². The summed E-state index contributed by atoms with van der Waals surface area (Å²) in [4.78, 5) is 39.5. The molecule has 1 amide bonds. The number of hydrogen-bond acceptors (Lipinski definition) is 6. The van der Waals surface area contributed by atoms with Crippen molar-refractivity contribution in [2.75, 3.05) is 31.1 Å². The van der Waals surface area contributed by atoms with Crippen LogP contribution in [0, 0.1) is 0 Å². The first-order valence-electron chi connectivity index (χ1n) is 9.31. The molecule has 0 atom stereocenters. The first-order chi connectivity index (χ1) is 13.7. The normalized spacial score (nSPS) is 14.5. The Labute approximate surface area is 161 Å². The smallest absolute Gasteiger partial charge is 0.410 e. The van der Waals surface area contributed by atoms with Crippen LogP contribution < -0.4 is 10.6 Å². The molecule has 28 heavy (non-hydrogen) atoms. The van der Waals surface area contributed by atoms with Crippen LogP contribution in [0.4, 0.5) is 10.6 Å². The zero-order valence-electron chi connectivity index (χ0n) is 15.7. The van der Waals surface area contributed by atoms with Crippen LogP contribution in [0.3, 0.4) is 0 Å². The molecule has 9 nitrogen and oxygen atoms in total. The molecule has 0 saturated carbocycles. The third kappa shape index (κ3) is 3.42. The molecule has 1 aliphatic heterocycles. The van der Waals surface area contributed by atoms with E-state index in [1.165, 1.54) is 6.33 Å². The van der Waals surface area contributed by atoms with Crippen LogP contribution in [0.15, 0.2) is 41.5 Å². The average molecular weight is 382 g/mol. The van der Waals surface area contributed by atoms with Crippen molar-refractivity contribution in [3.8, 4) is 0 Å². The largest absolute Gasteiger partial charge is 0.445 e. The van der Waals surface area contributed by atoms with Crippen molar-refractivity contribution in [3.63, 3.8) is 0 Å². The van der Waals surface area contributed by atoms with Gasteiger partial charge in [-0.25, -0.2) is 19.6 Å². The Bertz CT molecular complexity index is 1020. The molecule has 1 aromatic carbocycles. The van der Waals surface area contributed by atoms with Gasteiger partial charge in [-0.3, -0.25) is 9.55 Å². The topological polar surface area (TPSA) is 96.4 Å². The van der Waals surface area contributed by atoms with E-state index in [9.17, 15) is 9.59 Å². The van der Waals surface area contributed by atoms with Crippen LogP contribution in [0.2, 0.25) is 0 Å². The maximum Gasteiger partial charge on any atom is 0.410 e. The SMILES string of the molecule is CCn1c(=O)[nH]c2ncnc(N3CCN(C(=O)OCc4ccccc4)CC3)c21. The number of nitrogens with zero attached hydrogens (tertiary/aromatic N) is 5. The molecule has 0 radical (unpaired) electrons. The summed E-state index contributed by atoms with van der Waals surface area (Å²) in [5, 5.41) is 0. The highest BCUT2D eigenvalue weighted by atomic mass is 16.6. The minimum Gasteiger partial charge on any atom is -0.445 e. The van der Waals surface area contributed by atoms with Gasteiger partial charge in [0.2, 0.25) is 0 Å². The number of hydrogen-bond donors (Lipinski definition) is 1. The number of carbonyl (C=O) groups is 1. The van der Waals surface area contributed by atoms with Gasteiger partial charge in [-0.05, 0) is 12.5 Å². The molecule has 4 rings (SSSR count). The number of carbonyl (C=O) groups excluding carboxylic acids is 1. The molecule has 3 aromatic rings. The Morgan fingerprint density at radius 1 is 1.14 bits per heavy atom. The molecule has 1 N–H and O–H groups in total. The zero-order chi connectivity index (χ0) is 19.5. The molecule has 1 saturated heterocycles. The molecule has 0 unspecified atom stereocenters. The van der Waals surface area contributed by atoms with Gasteiger partial charge in [0.25, 0.3) is 0 Å². The van der Waals surface area contributed by atoms with E-state index in [-0.39, 0.29) is 18.4 Å². The molecule has 3 heterocycles. The van der Waals surface area contributed by atoms with Crippen LogP contribution in [0.25, 0.3) is 11.2 Å². The minimum atomic E-state index is -0.316. The van der Waals surface area contributed by atoms with Gasteiger partial charge in [0.15, 0.2) is 11.5 Å². The predicted molar refractivity (Wildman–Crippen MR) is 104 cm³/mol. The molecule has 0 bridgehead atoms. The summed E-state index contributed by atoms with van der Waals surface area (Å²) in [6, 6.07) is 9.62. The van der Waals surface area contributed by atoms with E-state index in [1.807, 2.05) is 37.3 Å². The average Bonchev–Trinajstić information content (AvgIpc) is 3.08. The Kier molecular flexibility index (Phi) is 4.96. The van der Waals surface area contributed by atoms with Crippen molar-refractivity contribution in [2.45, 2.75) is 20.1 Å². The number of rotatable bonds is 4. The maximum atomic E-state index is 12.3. The number of benzene rings is 1. The first-order valence-corrected chi connectivity index (χ1v) is 9.31. The van der Waals surface area contributed by atoms with Gasteiger partial charge in [0.05, 0.1) is 0 Å². The number of imidazole rings is 1. The van der Waals surface area contributed by atoms with Crippen molar-refractivity contribution < 1.29 is 9.53 Å². The predicted octanol–water partition coefficient (Wildman–Crippen LogP) is 1.60. The lowest BCUT2D eigenvalue weighted by atomic mass is 10.2. The highest BCUT2D eigenvalue weighted by Gasteiger charge is 2.25. The van der Waals surface area contributed by atoms with Gasteiger partial charge >= 0.3 is 11.8 Å². The number of ether oxygens (including phenoxy) is 1. The number of aryl methyl sites for hydroxylation is 1. The second-order valence-electron chi connectivity index (χ2n) is 6.58. The van der Waals surface area contributed by atoms with Gasteiger partial charge in [-0.2, -0.15) is 0 Å². The van der Waals surface area contributed by atoms with Gasteiger partial charge < -0.3 is 14.5 Å². The molecule has 9 heteroatoms. The number of aromatic amines is 1.